The zero-order chi connectivity index (χ0) is 17.2. The summed E-state index contributed by atoms with van der Waals surface area (Å²) < 4.78 is 18.3. The number of hydrogen-bond donors (Lipinski definition) is 1. The summed E-state index contributed by atoms with van der Waals surface area (Å²) in [6.07, 6.45) is 2.13. The summed E-state index contributed by atoms with van der Waals surface area (Å²) in [6, 6.07) is 6.66. The van der Waals surface area contributed by atoms with Gasteiger partial charge in [0.15, 0.2) is 5.96 Å². The smallest absolute Gasteiger partial charge is 0.193 e. The highest BCUT2D eigenvalue weighted by atomic mass is 32.2. The molecule has 0 radical (unpaired) electrons. The molecular formula is C18H28FN3OS. The summed E-state index contributed by atoms with van der Waals surface area (Å²) in [5, 5.41) is 3.36. The number of guanidine groups is 1. The van der Waals surface area contributed by atoms with Crippen molar-refractivity contribution in [1.82, 2.24) is 10.2 Å². The van der Waals surface area contributed by atoms with Gasteiger partial charge in [-0.1, -0.05) is 0 Å². The standard InChI is InChI=1S/C18H28FN3OS/c1-3-20-18(22(2)13-15-9-11-23-14-15)21-10-4-12-24-17-7-5-16(19)6-8-17/h5-8,15H,3-4,9-14H2,1-2H3,(H,20,21). The first-order chi connectivity index (χ1) is 11.7. The van der Waals surface area contributed by atoms with E-state index >= 15 is 0 Å². The number of nitrogens with one attached hydrogen (secondary N) is 1. The van der Waals surface area contributed by atoms with E-state index in [1.165, 1.54) is 12.1 Å². The van der Waals surface area contributed by atoms with E-state index in [-0.39, 0.29) is 5.82 Å². The highest BCUT2D eigenvalue weighted by Gasteiger charge is 2.18. The predicted molar refractivity (Wildman–Crippen MR) is 99.3 cm³/mol. The molecule has 0 aromatic heterocycles. The molecule has 0 saturated carbocycles. The molecule has 1 saturated heterocycles. The van der Waals surface area contributed by atoms with Crippen LogP contribution in [0.3, 0.4) is 0 Å². The predicted octanol–water partition coefficient (Wildman–Crippen LogP) is 3.24. The van der Waals surface area contributed by atoms with Crippen LogP contribution in [0, 0.1) is 11.7 Å². The molecule has 1 N–H and O–H groups in total. The van der Waals surface area contributed by atoms with Crippen LogP contribution in [0.25, 0.3) is 0 Å². The molecule has 6 heteroatoms. The van der Waals surface area contributed by atoms with Gasteiger partial charge in [-0.05, 0) is 49.8 Å². The second-order valence-electron chi connectivity index (χ2n) is 6.00. The molecule has 24 heavy (non-hydrogen) atoms. The number of thioether (sulfide) groups is 1. The van der Waals surface area contributed by atoms with Gasteiger partial charge < -0.3 is 15.0 Å². The van der Waals surface area contributed by atoms with Crippen molar-refractivity contribution in [2.24, 2.45) is 10.9 Å². The van der Waals surface area contributed by atoms with Gasteiger partial charge in [0.1, 0.15) is 5.82 Å². The third-order valence-corrected chi connectivity index (χ3v) is 5.00. The molecule has 0 amide bonds. The maximum atomic E-state index is 12.9. The van der Waals surface area contributed by atoms with E-state index in [0.29, 0.717) is 5.92 Å². The second-order valence-corrected chi connectivity index (χ2v) is 7.17. The first-order valence-corrected chi connectivity index (χ1v) is 9.63. The Labute approximate surface area is 148 Å². The fraction of sp³-hybridized carbons (Fsp3) is 0.611. The lowest BCUT2D eigenvalue weighted by Crippen LogP contribution is -2.41. The van der Waals surface area contributed by atoms with Gasteiger partial charge in [-0.2, -0.15) is 0 Å². The molecule has 1 atom stereocenters. The Hall–Kier alpha value is -1.27. The van der Waals surface area contributed by atoms with Gasteiger partial charge in [0, 0.05) is 44.1 Å². The number of hydrogen-bond acceptors (Lipinski definition) is 3. The zero-order valence-electron chi connectivity index (χ0n) is 14.6. The molecule has 1 aromatic carbocycles. The topological polar surface area (TPSA) is 36.9 Å². The lowest BCUT2D eigenvalue weighted by Gasteiger charge is -2.24. The molecular weight excluding hydrogens is 325 g/mol. The van der Waals surface area contributed by atoms with Crippen molar-refractivity contribution in [1.29, 1.82) is 0 Å². The van der Waals surface area contributed by atoms with Crippen LogP contribution >= 0.6 is 11.8 Å². The lowest BCUT2D eigenvalue weighted by molar-refractivity contribution is 0.181. The summed E-state index contributed by atoms with van der Waals surface area (Å²) in [5.41, 5.74) is 0. The molecule has 1 unspecified atom stereocenters. The summed E-state index contributed by atoms with van der Waals surface area (Å²) >= 11 is 1.74. The maximum absolute atomic E-state index is 12.9. The van der Waals surface area contributed by atoms with Gasteiger partial charge in [-0.3, -0.25) is 4.99 Å². The van der Waals surface area contributed by atoms with Gasteiger partial charge in [0.05, 0.1) is 6.61 Å². The van der Waals surface area contributed by atoms with Crippen molar-refractivity contribution in [2.75, 3.05) is 45.6 Å². The molecule has 1 aliphatic rings. The number of aliphatic imine (C=N–C) groups is 1. The van der Waals surface area contributed by atoms with E-state index in [4.69, 9.17) is 9.73 Å². The van der Waals surface area contributed by atoms with Crippen molar-refractivity contribution in [3.63, 3.8) is 0 Å². The Kier molecular flexibility index (Phi) is 8.39. The number of ether oxygens (including phenoxy) is 1. The normalized spacial score (nSPS) is 18.0. The van der Waals surface area contributed by atoms with Crippen molar-refractivity contribution in [3.8, 4) is 0 Å². The highest BCUT2D eigenvalue weighted by molar-refractivity contribution is 7.99. The van der Waals surface area contributed by atoms with Gasteiger partial charge >= 0.3 is 0 Å². The zero-order valence-corrected chi connectivity index (χ0v) is 15.4. The molecule has 0 aliphatic carbocycles. The minimum Gasteiger partial charge on any atom is -0.381 e. The quantitative estimate of drug-likeness (QED) is 0.337. The Morgan fingerprint density at radius 1 is 1.42 bits per heavy atom. The van der Waals surface area contributed by atoms with Gasteiger partial charge in [0.25, 0.3) is 0 Å². The highest BCUT2D eigenvalue weighted by Crippen LogP contribution is 2.18. The van der Waals surface area contributed by atoms with E-state index in [1.54, 1.807) is 11.8 Å². The number of benzene rings is 1. The van der Waals surface area contributed by atoms with Crippen LogP contribution in [0.15, 0.2) is 34.2 Å². The fourth-order valence-electron chi connectivity index (χ4n) is 2.64. The number of halogens is 1. The minimum absolute atomic E-state index is 0.185. The van der Waals surface area contributed by atoms with Crippen LogP contribution in [0.4, 0.5) is 4.39 Å². The van der Waals surface area contributed by atoms with E-state index in [9.17, 15) is 4.39 Å². The van der Waals surface area contributed by atoms with Crippen molar-refractivity contribution in [3.05, 3.63) is 30.1 Å². The molecule has 0 bridgehead atoms. The summed E-state index contributed by atoms with van der Waals surface area (Å²) in [6.45, 7) is 6.48. The van der Waals surface area contributed by atoms with Crippen LogP contribution in [0.5, 0.6) is 0 Å². The fourth-order valence-corrected chi connectivity index (χ4v) is 3.48. The largest absolute Gasteiger partial charge is 0.381 e. The Morgan fingerprint density at radius 2 is 2.21 bits per heavy atom. The third kappa shape index (κ3) is 6.69. The molecule has 4 nitrogen and oxygen atoms in total. The van der Waals surface area contributed by atoms with E-state index in [0.717, 1.165) is 62.3 Å². The van der Waals surface area contributed by atoms with Gasteiger partial charge in [-0.15, -0.1) is 11.8 Å². The first-order valence-electron chi connectivity index (χ1n) is 8.64. The first kappa shape index (κ1) is 19.1. The molecule has 1 aromatic rings. The SMILES string of the molecule is CCNC(=NCCCSc1ccc(F)cc1)N(C)CC1CCOC1. The average molecular weight is 354 g/mol. The third-order valence-electron chi connectivity index (χ3n) is 3.90. The number of rotatable bonds is 8. The van der Waals surface area contributed by atoms with Gasteiger partial charge in [0.2, 0.25) is 0 Å². The number of nitrogens with zero attached hydrogens (tertiary/aromatic N) is 2. The minimum atomic E-state index is -0.185. The van der Waals surface area contributed by atoms with Crippen molar-refractivity contribution in [2.45, 2.75) is 24.7 Å². The Balaban J connectivity index is 1.72. The molecule has 1 heterocycles. The Morgan fingerprint density at radius 3 is 2.88 bits per heavy atom. The summed E-state index contributed by atoms with van der Waals surface area (Å²) in [4.78, 5) is 8.02. The molecule has 1 fully saturated rings. The van der Waals surface area contributed by atoms with E-state index < -0.39 is 0 Å². The second kappa shape index (κ2) is 10.6. The summed E-state index contributed by atoms with van der Waals surface area (Å²) in [7, 11) is 2.09. The molecule has 134 valence electrons. The maximum Gasteiger partial charge on any atom is 0.193 e. The van der Waals surface area contributed by atoms with Crippen LogP contribution < -0.4 is 5.32 Å². The molecule has 0 spiro atoms. The monoisotopic (exact) mass is 353 g/mol. The van der Waals surface area contributed by atoms with Crippen LogP contribution in [0.2, 0.25) is 0 Å². The van der Waals surface area contributed by atoms with Gasteiger partial charge in [-0.25, -0.2) is 4.39 Å². The molecule has 1 aliphatic heterocycles. The van der Waals surface area contributed by atoms with Crippen LogP contribution in [0.1, 0.15) is 19.8 Å². The average Bonchev–Trinajstić information content (AvgIpc) is 3.08. The summed E-state index contributed by atoms with van der Waals surface area (Å²) in [5.74, 6) is 2.37. The van der Waals surface area contributed by atoms with Crippen molar-refractivity contribution >= 4 is 17.7 Å². The molecule has 2 rings (SSSR count). The van der Waals surface area contributed by atoms with E-state index in [1.807, 2.05) is 12.1 Å². The lowest BCUT2D eigenvalue weighted by atomic mass is 10.1. The van der Waals surface area contributed by atoms with Crippen LogP contribution in [-0.4, -0.2) is 56.5 Å². The van der Waals surface area contributed by atoms with Crippen molar-refractivity contribution < 1.29 is 9.13 Å². The Bertz CT molecular complexity index is 503. The van der Waals surface area contributed by atoms with Crippen LogP contribution in [-0.2, 0) is 4.74 Å². The van der Waals surface area contributed by atoms with E-state index in [2.05, 4.69) is 24.2 Å².